The largest absolute Gasteiger partial charge is 0.354 e. The number of amides is 2. The van der Waals surface area contributed by atoms with Crippen molar-refractivity contribution >= 4 is 23.2 Å². The molecule has 1 saturated carbocycles. The maximum atomic E-state index is 11.5. The third-order valence-corrected chi connectivity index (χ3v) is 4.08. The zero-order valence-electron chi connectivity index (χ0n) is 10.4. The summed E-state index contributed by atoms with van der Waals surface area (Å²) in [4.78, 5) is 24.2. The molecule has 0 aliphatic heterocycles. The van der Waals surface area contributed by atoms with Gasteiger partial charge in [0.25, 0.3) is 0 Å². The molecule has 5 heteroatoms. The Morgan fingerprint density at radius 3 is 2.83 bits per heavy atom. The number of rotatable bonds is 6. The van der Waals surface area contributed by atoms with Crippen LogP contribution in [0.2, 0.25) is 0 Å². The fourth-order valence-corrected chi connectivity index (χ4v) is 2.54. The van der Waals surface area contributed by atoms with Gasteiger partial charge in [0.2, 0.25) is 11.8 Å². The zero-order valence-corrected chi connectivity index (χ0v) is 11.3. The van der Waals surface area contributed by atoms with Crippen molar-refractivity contribution in [1.29, 1.82) is 0 Å². The summed E-state index contributed by atoms with van der Waals surface area (Å²) in [6, 6.07) is 4.05. The number of hydrogen-bond donors (Lipinski definition) is 2. The molecule has 1 fully saturated rings. The first-order chi connectivity index (χ1) is 8.66. The highest BCUT2D eigenvalue weighted by Crippen LogP contribution is 2.37. The van der Waals surface area contributed by atoms with Gasteiger partial charge < -0.3 is 10.6 Å². The maximum Gasteiger partial charge on any atom is 0.239 e. The van der Waals surface area contributed by atoms with E-state index in [-0.39, 0.29) is 24.3 Å². The Morgan fingerprint density at radius 1 is 1.44 bits per heavy atom. The Labute approximate surface area is 111 Å². The van der Waals surface area contributed by atoms with E-state index >= 15 is 0 Å². The van der Waals surface area contributed by atoms with Crippen molar-refractivity contribution in [3.8, 4) is 0 Å². The highest BCUT2D eigenvalue weighted by Gasteiger charge is 2.38. The molecule has 2 N–H and O–H groups in total. The number of carbonyl (C=O) groups excluding carboxylic acids is 2. The van der Waals surface area contributed by atoms with Crippen molar-refractivity contribution in [3.05, 3.63) is 22.4 Å². The third-order valence-electron chi connectivity index (χ3n) is 3.14. The minimum atomic E-state index is -0.117. The molecule has 0 bridgehead atoms. The van der Waals surface area contributed by atoms with Crippen LogP contribution in [0.5, 0.6) is 0 Å². The molecule has 1 aliphatic carbocycles. The van der Waals surface area contributed by atoms with Crippen molar-refractivity contribution in [1.82, 2.24) is 10.6 Å². The second-order valence-electron chi connectivity index (χ2n) is 4.72. The summed E-state index contributed by atoms with van der Waals surface area (Å²) in [7, 11) is 0. The van der Waals surface area contributed by atoms with E-state index in [9.17, 15) is 9.59 Å². The van der Waals surface area contributed by atoms with Crippen LogP contribution in [0.3, 0.4) is 0 Å². The molecule has 0 spiro atoms. The van der Waals surface area contributed by atoms with Crippen molar-refractivity contribution in [2.45, 2.75) is 19.8 Å². The van der Waals surface area contributed by atoms with Crippen molar-refractivity contribution in [3.63, 3.8) is 0 Å². The molecule has 0 aromatic carbocycles. The van der Waals surface area contributed by atoms with Gasteiger partial charge in [0, 0.05) is 17.3 Å². The first-order valence-corrected chi connectivity index (χ1v) is 7.11. The smallest absolute Gasteiger partial charge is 0.239 e. The van der Waals surface area contributed by atoms with Gasteiger partial charge in [0.15, 0.2) is 0 Å². The number of nitrogens with one attached hydrogen (secondary N) is 2. The fourth-order valence-electron chi connectivity index (χ4n) is 1.83. The summed E-state index contributed by atoms with van der Waals surface area (Å²) >= 11 is 1.68. The molecule has 98 valence electrons. The maximum absolute atomic E-state index is 11.5. The molecule has 0 radical (unpaired) electrons. The van der Waals surface area contributed by atoms with Crippen LogP contribution in [-0.2, 0) is 16.0 Å². The quantitative estimate of drug-likeness (QED) is 0.812. The van der Waals surface area contributed by atoms with E-state index < -0.39 is 0 Å². The summed E-state index contributed by atoms with van der Waals surface area (Å²) in [6.45, 7) is 2.76. The second kappa shape index (κ2) is 6.00. The van der Waals surface area contributed by atoms with Crippen LogP contribution in [0.15, 0.2) is 17.5 Å². The van der Waals surface area contributed by atoms with E-state index in [1.807, 2.05) is 24.4 Å². The molecule has 0 saturated heterocycles. The lowest BCUT2D eigenvalue weighted by atomic mass is 10.3. The standard InChI is InChI=1S/C13H18N2O2S/c1-9-7-11(9)13(17)15-8-12(16)14-5-4-10-3-2-6-18-10/h2-3,6,9,11H,4-5,7-8H2,1H3,(H,14,16)(H,15,17)/t9-,11+/m1/s1. The first kappa shape index (κ1) is 13.1. The lowest BCUT2D eigenvalue weighted by Crippen LogP contribution is -2.38. The van der Waals surface area contributed by atoms with Gasteiger partial charge in [0.05, 0.1) is 6.54 Å². The number of hydrogen-bond acceptors (Lipinski definition) is 3. The Bertz CT molecular complexity index is 417. The van der Waals surface area contributed by atoms with Gasteiger partial charge in [-0.2, -0.15) is 0 Å². The van der Waals surface area contributed by atoms with Crippen molar-refractivity contribution in [2.24, 2.45) is 11.8 Å². The molecular formula is C13H18N2O2S. The SMILES string of the molecule is C[C@@H]1C[C@@H]1C(=O)NCC(=O)NCCc1cccs1. The summed E-state index contributed by atoms with van der Waals surface area (Å²) in [5.41, 5.74) is 0. The van der Waals surface area contributed by atoms with Gasteiger partial charge in [-0.25, -0.2) is 0 Å². The van der Waals surface area contributed by atoms with Crippen LogP contribution in [0.1, 0.15) is 18.2 Å². The normalized spacial score (nSPS) is 21.4. The van der Waals surface area contributed by atoms with Gasteiger partial charge in [-0.15, -0.1) is 11.3 Å². The molecule has 1 heterocycles. The highest BCUT2D eigenvalue weighted by atomic mass is 32.1. The summed E-state index contributed by atoms with van der Waals surface area (Å²) in [5, 5.41) is 7.49. The van der Waals surface area contributed by atoms with Gasteiger partial charge in [0.1, 0.15) is 0 Å². The Hall–Kier alpha value is -1.36. The Morgan fingerprint density at radius 2 is 2.22 bits per heavy atom. The predicted molar refractivity (Wildman–Crippen MR) is 71.3 cm³/mol. The minimum absolute atomic E-state index is 0.0101. The van der Waals surface area contributed by atoms with Crippen molar-refractivity contribution < 1.29 is 9.59 Å². The van der Waals surface area contributed by atoms with E-state index in [4.69, 9.17) is 0 Å². The summed E-state index contributed by atoms with van der Waals surface area (Å²) in [5.74, 6) is 0.500. The molecule has 0 unspecified atom stereocenters. The lowest BCUT2D eigenvalue weighted by Gasteiger charge is -2.06. The van der Waals surface area contributed by atoms with E-state index in [1.54, 1.807) is 11.3 Å². The van der Waals surface area contributed by atoms with Crippen molar-refractivity contribution in [2.75, 3.05) is 13.1 Å². The molecular weight excluding hydrogens is 248 g/mol. The van der Waals surface area contributed by atoms with Crippen LogP contribution in [0, 0.1) is 11.8 Å². The fraction of sp³-hybridized carbons (Fsp3) is 0.538. The van der Waals surface area contributed by atoms with Gasteiger partial charge >= 0.3 is 0 Å². The average Bonchev–Trinajstić information content (AvgIpc) is 2.87. The molecule has 18 heavy (non-hydrogen) atoms. The minimum Gasteiger partial charge on any atom is -0.354 e. The number of carbonyl (C=O) groups is 2. The number of thiophene rings is 1. The Balaban J connectivity index is 1.56. The predicted octanol–water partition coefficient (Wildman–Crippen LogP) is 1.18. The van der Waals surface area contributed by atoms with E-state index in [1.165, 1.54) is 4.88 Å². The van der Waals surface area contributed by atoms with Crippen LogP contribution in [0.4, 0.5) is 0 Å². The van der Waals surface area contributed by atoms with E-state index in [0.717, 1.165) is 12.8 Å². The summed E-state index contributed by atoms with van der Waals surface area (Å²) < 4.78 is 0. The van der Waals surface area contributed by atoms with E-state index in [2.05, 4.69) is 10.6 Å². The van der Waals surface area contributed by atoms with Crippen LogP contribution < -0.4 is 10.6 Å². The molecule has 1 aliphatic rings. The monoisotopic (exact) mass is 266 g/mol. The van der Waals surface area contributed by atoms with Crippen LogP contribution in [0.25, 0.3) is 0 Å². The molecule has 4 nitrogen and oxygen atoms in total. The van der Waals surface area contributed by atoms with Crippen LogP contribution >= 0.6 is 11.3 Å². The molecule has 2 amide bonds. The lowest BCUT2D eigenvalue weighted by molar-refractivity contribution is -0.126. The molecule has 1 aromatic rings. The molecule has 1 aromatic heterocycles. The van der Waals surface area contributed by atoms with Gasteiger partial charge in [-0.1, -0.05) is 13.0 Å². The van der Waals surface area contributed by atoms with Gasteiger partial charge in [-0.05, 0) is 30.2 Å². The highest BCUT2D eigenvalue weighted by molar-refractivity contribution is 7.09. The third kappa shape index (κ3) is 3.84. The molecule has 2 rings (SSSR count). The molecule has 2 atom stereocenters. The second-order valence-corrected chi connectivity index (χ2v) is 5.75. The summed E-state index contributed by atoms with van der Waals surface area (Å²) in [6.07, 6.45) is 1.79. The van der Waals surface area contributed by atoms with Gasteiger partial charge in [-0.3, -0.25) is 9.59 Å². The topological polar surface area (TPSA) is 58.2 Å². The van der Waals surface area contributed by atoms with Crippen LogP contribution in [-0.4, -0.2) is 24.9 Å². The zero-order chi connectivity index (χ0) is 13.0. The Kier molecular flexibility index (Phi) is 4.36. The van der Waals surface area contributed by atoms with E-state index in [0.29, 0.717) is 12.5 Å². The average molecular weight is 266 g/mol. The first-order valence-electron chi connectivity index (χ1n) is 6.23.